The van der Waals surface area contributed by atoms with Gasteiger partial charge in [0.1, 0.15) is 12.4 Å². The van der Waals surface area contributed by atoms with Gasteiger partial charge in [-0.15, -0.1) is 16.8 Å². The van der Waals surface area contributed by atoms with Gasteiger partial charge in [0.05, 0.1) is 17.0 Å². The van der Waals surface area contributed by atoms with Crippen molar-refractivity contribution in [3.63, 3.8) is 0 Å². The zero-order valence-corrected chi connectivity index (χ0v) is 18.8. The lowest BCUT2D eigenvalue weighted by Gasteiger charge is -2.11. The van der Waals surface area contributed by atoms with Crippen molar-refractivity contribution in [2.45, 2.75) is 32.2 Å². The fourth-order valence-corrected chi connectivity index (χ4v) is 3.74. The third-order valence-electron chi connectivity index (χ3n) is 4.60. The number of thioether (sulfide) groups is 1. The zero-order chi connectivity index (χ0) is 23.1. The fourth-order valence-electron chi connectivity index (χ4n) is 2.97. The van der Waals surface area contributed by atoms with Crippen LogP contribution < -0.4 is 15.8 Å². The number of para-hydroxylation sites is 1. The molecular weight excluding hydrogens is 426 g/mol. The Morgan fingerprint density at radius 1 is 1.22 bits per heavy atom. The Bertz CT molecular complexity index is 1140. The lowest BCUT2D eigenvalue weighted by molar-refractivity contribution is -0.113. The Labute approximate surface area is 190 Å². The molecular formula is C23H25N5O3S. The molecule has 1 heterocycles. The number of aromatic nitrogens is 3. The highest BCUT2D eigenvalue weighted by atomic mass is 32.2. The maximum atomic E-state index is 12.4. The average molecular weight is 452 g/mol. The number of anilines is 1. The standard InChI is InChI=1S/C23H25N5O3S/c1-4-11-28-20(13-31-19-12-15(2)9-10-16(19)3)26-27-23(28)32-14-21(29)25-18-8-6-5-7-17(18)22(24)30/h4-10,12H,1,11,13-14H2,2-3H3,(H2,24,30)(H,25,29). The highest BCUT2D eigenvalue weighted by Gasteiger charge is 2.16. The van der Waals surface area contributed by atoms with Crippen LogP contribution in [-0.4, -0.2) is 32.3 Å². The topological polar surface area (TPSA) is 112 Å². The number of nitrogens with one attached hydrogen (secondary N) is 1. The van der Waals surface area contributed by atoms with E-state index < -0.39 is 5.91 Å². The van der Waals surface area contributed by atoms with E-state index in [1.54, 1.807) is 30.3 Å². The van der Waals surface area contributed by atoms with Crippen LogP contribution in [0.1, 0.15) is 27.3 Å². The Morgan fingerprint density at radius 2 is 2.00 bits per heavy atom. The van der Waals surface area contributed by atoms with Gasteiger partial charge < -0.3 is 15.8 Å². The minimum absolute atomic E-state index is 0.0835. The first-order valence-electron chi connectivity index (χ1n) is 9.93. The number of benzene rings is 2. The molecule has 3 N–H and O–H groups in total. The van der Waals surface area contributed by atoms with Crippen LogP contribution in [0.5, 0.6) is 5.75 Å². The van der Waals surface area contributed by atoms with E-state index in [1.165, 1.54) is 11.8 Å². The highest BCUT2D eigenvalue weighted by Crippen LogP contribution is 2.22. The second-order valence-corrected chi connectivity index (χ2v) is 8.04. The van der Waals surface area contributed by atoms with Crippen LogP contribution in [0, 0.1) is 13.8 Å². The smallest absolute Gasteiger partial charge is 0.250 e. The molecule has 2 aromatic carbocycles. The number of carbonyl (C=O) groups is 2. The molecule has 0 fully saturated rings. The SMILES string of the molecule is C=CCn1c(COc2cc(C)ccc2C)nnc1SCC(=O)Nc1ccccc1C(N)=O. The summed E-state index contributed by atoms with van der Waals surface area (Å²) in [5, 5.41) is 11.7. The maximum absolute atomic E-state index is 12.4. The summed E-state index contributed by atoms with van der Waals surface area (Å²) in [6.07, 6.45) is 1.73. The van der Waals surface area contributed by atoms with E-state index in [1.807, 2.05) is 36.6 Å². The molecule has 9 heteroatoms. The first-order chi connectivity index (χ1) is 15.4. The Morgan fingerprint density at radius 3 is 2.75 bits per heavy atom. The van der Waals surface area contributed by atoms with Crippen molar-refractivity contribution in [1.29, 1.82) is 0 Å². The van der Waals surface area contributed by atoms with Gasteiger partial charge in [0.25, 0.3) is 5.91 Å². The van der Waals surface area contributed by atoms with Gasteiger partial charge in [-0.3, -0.25) is 14.2 Å². The zero-order valence-electron chi connectivity index (χ0n) is 18.0. The number of carbonyl (C=O) groups excluding carboxylic acids is 2. The Hall–Kier alpha value is -3.59. The summed E-state index contributed by atoms with van der Waals surface area (Å²) in [7, 11) is 0. The third-order valence-corrected chi connectivity index (χ3v) is 5.57. The lowest BCUT2D eigenvalue weighted by Crippen LogP contribution is -2.19. The lowest BCUT2D eigenvalue weighted by atomic mass is 10.1. The molecule has 0 saturated carbocycles. The Balaban J connectivity index is 1.66. The minimum Gasteiger partial charge on any atom is -0.485 e. The normalized spacial score (nSPS) is 10.6. The minimum atomic E-state index is -0.604. The number of nitrogens with zero attached hydrogens (tertiary/aromatic N) is 3. The van der Waals surface area contributed by atoms with Crippen molar-refractivity contribution in [2.75, 3.05) is 11.1 Å². The molecule has 3 rings (SSSR count). The van der Waals surface area contributed by atoms with Gasteiger partial charge in [-0.25, -0.2) is 0 Å². The molecule has 0 unspecified atom stereocenters. The number of hydrogen-bond acceptors (Lipinski definition) is 6. The highest BCUT2D eigenvalue weighted by molar-refractivity contribution is 7.99. The molecule has 0 radical (unpaired) electrons. The van der Waals surface area contributed by atoms with E-state index in [0.717, 1.165) is 16.9 Å². The molecule has 0 aliphatic heterocycles. The summed E-state index contributed by atoms with van der Waals surface area (Å²) < 4.78 is 7.81. The molecule has 0 spiro atoms. The molecule has 0 atom stereocenters. The summed E-state index contributed by atoms with van der Waals surface area (Å²) in [4.78, 5) is 24.0. The number of rotatable bonds is 10. The van der Waals surface area contributed by atoms with Crippen molar-refractivity contribution in [1.82, 2.24) is 14.8 Å². The van der Waals surface area contributed by atoms with Gasteiger partial charge in [0, 0.05) is 6.54 Å². The first kappa shape index (κ1) is 23.1. The monoisotopic (exact) mass is 451 g/mol. The predicted molar refractivity (Wildman–Crippen MR) is 125 cm³/mol. The molecule has 8 nitrogen and oxygen atoms in total. The molecule has 1 aromatic heterocycles. The van der Waals surface area contributed by atoms with Gasteiger partial charge >= 0.3 is 0 Å². The van der Waals surface area contributed by atoms with E-state index in [-0.39, 0.29) is 23.8 Å². The summed E-state index contributed by atoms with van der Waals surface area (Å²) in [6, 6.07) is 12.6. The van der Waals surface area contributed by atoms with Crippen LogP contribution in [0.2, 0.25) is 0 Å². The maximum Gasteiger partial charge on any atom is 0.250 e. The number of aryl methyl sites for hydroxylation is 2. The molecule has 32 heavy (non-hydrogen) atoms. The van der Waals surface area contributed by atoms with Crippen molar-refractivity contribution in [3.8, 4) is 5.75 Å². The third kappa shape index (κ3) is 5.76. The predicted octanol–water partition coefficient (Wildman–Crippen LogP) is 3.49. The van der Waals surface area contributed by atoms with Crippen molar-refractivity contribution >= 4 is 29.3 Å². The molecule has 0 bridgehead atoms. The van der Waals surface area contributed by atoms with Gasteiger partial charge in [0.2, 0.25) is 5.91 Å². The van der Waals surface area contributed by atoms with Crippen LogP contribution in [-0.2, 0) is 17.9 Å². The molecule has 166 valence electrons. The van der Waals surface area contributed by atoms with Crippen LogP contribution in [0.25, 0.3) is 0 Å². The number of amides is 2. The second-order valence-electron chi connectivity index (χ2n) is 7.10. The number of hydrogen-bond donors (Lipinski definition) is 2. The molecule has 3 aromatic rings. The van der Waals surface area contributed by atoms with E-state index in [9.17, 15) is 9.59 Å². The molecule has 0 aliphatic rings. The van der Waals surface area contributed by atoms with Crippen molar-refractivity contribution in [2.24, 2.45) is 5.73 Å². The summed E-state index contributed by atoms with van der Waals surface area (Å²) in [5.74, 6) is 0.616. The summed E-state index contributed by atoms with van der Waals surface area (Å²) in [5.41, 5.74) is 8.14. The molecule has 0 aliphatic carbocycles. The van der Waals surface area contributed by atoms with Crippen LogP contribution in [0.15, 0.2) is 60.3 Å². The number of nitrogens with two attached hydrogens (primary N) is 1. The van der Waals surface area contributed by atoms with Crippen LogP contribution >= 0.6 is 11.8 Å². The first-order valence-corrected chi connectivity index (χ1v) is 10.9. The number of allylic oxidation sites excluding steroid dienone is 1. The second kappa shape index (κ2) is 10.6. The Kier molecular flexibility index (Phi) is 7.67. The van der Waals surface area contributed by atoms with E-state index in [0.29, 0.717) is 23.2 Å². The number of primary amides is 1. The van der Waals surface area contributed by atoms with Gasteiger partial charge in [-0.1, -0.05) is 42.1 Å². The summed E-state index contributed by atoms with van der Waals surface area (Å²) >= 11 is 1.23. The number of ether oxygens (including phenoxy) is 1. The van der Waals surface area contributed by atoms with Gasteiger partial charge in [-0.05, 0) is 43.2 Å². The van der Waals surface area contributed by atoms with E-state index in [4.69, 9.17) is 10.5 Å². The molecule has 0 saturated heterocycles. The average Bonchev–Trinajstić information content (AvgIpc) is 3.15. The van der Waals surface area contributed by atoms with Crippen molar-refractivity contribution < 1.29 is 14.3 Å². The van der Waals surface area contributed by atoms with Crippen LogP contribution in [0.3, 0.4) is 0 Å². The molecule has 2 amide bonds. The van der Waals surface area contributed by atoms with Crippen molar-refractivity contribution in [3.05, 3.63) is 77.6 Å². The van der Waals surface area contributed by atoms with E-state index >= 15 is 0 Å². The quantitative estimate of drug-likeness (QED) is 0.360. The van der Waals surface area contributed by atoms with E-state index in [2.05, 4.69) is 22.1 Å². The van der Waals surface area contributed by atoms with Crippen LogP contribution in [0.4, 0.5) is 5.69 Å². The fraction of sp³-hybridized carbons (Fsp3) is 0.217. The largest absolute Gasteiger partial charge is 0.485 e. The van der Waals surface area contributed by atoms with Gasteiger partial charge in [-0.2, -0.15) is 0 Å². The van der Waals surface area contributed by atoms with Gasteiger partial charge in [0.15, 0.2) is 11.0 Å². The summed E-state index contributed by atoms with van der Waals surface area (Å²) in [6.45, 7) is 8.50.